The molecule has 7 nitrogen and oxygen atoms in total. The van der Waals surface area contributed by atoms with Gasteiger partial charge in [0.15, 0.2) is 0 Å². The van der Waals surface area contributed by atoms with Crippen molar-refractivity contribution < 1.29 is 14.3 Å². The second kappa shape index (κ2) is 8.98. The smallest absolute Gasteiger partial charge is 0.275 e. The molecule has 2 aromatic rings. The van der Waals surface area contributed by atoms with E-state index in [2.05, 4.69) is 15.6 Å². The van der Waals surface area contributed by atoms with E-state index in [0.717, 1.165) is 17.8 Å². The standard InChI is InChI=1S/C17H20N4O3S.ClH/c1-24-11-4-5-13(12(8-11)16(22)19-10-2-3-10)21-17(23)14-9-25-15(20-14)6-7-18;/h4-5,8-10H,2-3,6-7,18H2,1H3,(H,19,22)(H,21,23);1H. The predicted octanol–water partition coefficient (Wildman–Crippen LogP) is 2.22. The average Bonchev–Trinajstić information content (AvgIpc) is 3.30. The summed E-state index contributed by atoms with van der Waals surface area (Å²) in [6, 6.07) is 5.20. The highest BCUT2D eigenvalue weighted by atomic mass is 35.5. The van der Waals surface area contributed by atoms with Gasteiger partial charge in [-0.2, -0.15) is 0 Å². The fourth-order valence-electron chi connectivity index (χ4n) is 2.28. The van der Waals surface area contributed by atoms with Crippen LogP contribution in [0.15, 0.2) is 23.6 Å². The van der Waals surface area contributed by atoms with Crippen LogP contribution in [-0.2, 0) is 6.42 Å². The summed E-state index contributed by atoms with van der Waals surface area (Å²) in [4.78, 5) is 29.1. The second-order valence-electron chi connectivity index (χ2n) is 5.78. The van der Waals surface area contributed by atoms with Gasteiger partial charge in [-0.3, -0.25) is 9.59 Å². The number of aromatic nitrogens is 1. The number of nitrogens with one attached hydrogen (secondary N) is 2. The lowest BCUT2D eigenvalue weighted by molar-refractivity contribution is 0.0951. The normalized spacial score (nSPS) is 12.8. The molecule has 0 aliphatic heterocycles. The molecule has 1 heterocycles. The molecule has 140 valence electrons. The highest BCUT2D eigenvalue weighted by Crippen LogP contribution is 2.25. The van der Waals surface area contributed by atoms with Gasteiger partial charge in [0, 0.05) is 17.8 Å². The van der Waals surface area contributed by atoms with Crippen molar-refractivity contribution in [3.63, 3.8) is 0 Å². The lowest BCUT2D eigenvalue weighted by atomic mass is 10.1. The van der Waals surface area contributed by atoms with E-state index in [1.165, 1.54) is 18.4 Å². The van der Waals surface area contributed by atoms with E-state index < -0.39 is 0 Å². The SMILES string of the molecule is COc1ccc(NC(=O)c2csc(CCN)n2)c(C(=O)NC2CC2)c1.Cl. The van der Waals surface area contributed by atoms with Crippen LogP contribution in [0.25, 0.3) is 0 Å². The van der Waals surface area contributed by atoms with Gasteiger partial charge in [0.2, 0.25) is 0 Å². The van der Waals surface area contributed by atoms with Crippen LogP contribution in [0.4, 0.5) is 5.69 Å². The lowest BCUT2D eigenvalue weighted by Gasteiger charge is -2.12. The number of nitrogens with two attached hydrogens (primary N) is 1. The van der Waals surface area contributed by atoms with Crippen LogP contribution in [0.1, 0.15) is 38.7 Å². The van der Waals surface area contributed by atoms with E-state index in [0.29, 0.717) is 35.7 Å². The largest absolute Gasteiger partial charge is 0.497 e. The zero-order chi connectivity index (χ0) is 17.8. The molecular formula is C17H21ClN4O3S. The summed E-state index contributed by atoms with van der Waals surface area (Å²) in [7, 11) is 1.53. The Hall–Kier alpha value is -2.16. The molecule has 1 saturated carbocycles. The van der Waals surface area contributed by atoms with Crippen molar-refractivity contribution in [2.45, 2.75) is 25.3 Å². The van der Waals surface area contributed by atoms with Gasteiger partial charge in [0.05, 0.1) is 23.4 Å². The number of rotatable bonds is 7. The molecule has 1 fully saturated rings. The van der Waals surface area contributed by atoms with Crippen LogP contribution in [0.5, 0.6) is 5.75 Å². The first-order valence-corrected chi connectivity index (χ1v) is 8.93. The fraction of sp³-hybridized carbons (Fsp3) is 0.353. The van der Waals surface area contributed by atoms with E-state index in [9.17, 15) is 9.59 Å². The van der Waals surface area contributed by atoms with Gasteiger partial charge in [-0.05, 0) is 37.6 Å². The van der Waals surface area contributed by atoms with Crippen molar-refractivity contribution in [2.75, 3.05) is 19.0 Å². The molecule has 0 atom stereocenters. The number of benzene rings is 1. The minimum Gasteiger partial charge on any atom is -0.497 e. The van der Waals surface area contributed by atoms with E-state index in [-0.39, 0.29) is 30.3 Å². The van der Waals surface area contributed by atoms with Crippen LogP contribution < -0.4 is 21.1 Å². The summed E-state index contributed by atoms with van der Waals surface area (Å²) in [6.07, 6.45) is 2.61. The van der Waals surface area contributed by atoms with E-state index in [4.69, 9.17) is 10.5 Å². The number of carbonyl (C=O) groups is 2. The Balaban J connectivity index is 0.00000243. The van der Waals surface area contributed by atoms with Crippen molar-refractivity contribution in [1.29, 1.82) is 0 Å². The Labute approximate surface area is 161 Å². The van der Waals surface area contributed by atoms with Gasteiger partial charge in [-0.25, -0.2) is 4.98 Å². The van der Waals surface area contributed by atoms with Crippen LogP contribution in [0, 0.1) is 0 Å². The molecule has 1 aromatic carbocycles. The Kier molecular flexibility index (Phi) is 6.96. The molecule has 2 amide bonds. The zero-order valence-corrected chi connectivity index (χ0v) is 15.9. The Bertz CT molecular complexity index is 792. The number of anilines is 1. The molecule has 1 aromatic heterocycles. The van der Waals surface area contributed by atoms with E-state index in [1.54, 1.807) is 23.6 Å². The van der Waals surface area contributed by atoms with Crippen molar-refractivity contribution in [1.82, 2.24) is 10.3 Å². The molecule has 4 N–H and O–H groups in total. The number of hydrogen-bond acceptors (Lipinski definition) is 6. The number of nitrogens with zero attached hydrogens (tertiary/aromatic N) is 1. The minimum absolute atomic E-state index is 0. The Morgan fingerprint density at radius 1 is 1.35 bits per heavy atom. The maximum atomic E-state index is 12.4. The van der Waals surface area contributed by atoms with Crippen LogP contribution >= 0.6 is 23.7 Å². The first-order chi connectivity index (χ1) is 12.1. The van der Waals surface area contributed by atoms with Crippen LogP contribution in [0.3, 0.4) is 0 Å². The molecule has 26 heavy (non-hydrogen) atoms. The molecule has 0 unspecified atom stereocenters. The minimum atomic E-state index is -0.356. The van der Waals surface area contributed by atoms with Crippen molar-refractivity contribution in [3.05, 3.63) is 39.8 Å². The molecular weight excluding hydrogens is 376 g/mol. The highest BCUT2D eigenvalue weighted by Gasteiger charge is 2.25. The summed E-state index contributed by atoms with van der Waals surface area (Å²) >= 11 is 1.40. The number of halogens is 1. The summed E-state index contributed by atoms with van der Waals surface area (Å²) < 4.78 is 5.19. The van der Waals surface area contributed by atoms with E-state index in [1.807, 2.05) is 0 Å². The Morgan fingerprint density at radius 2 is 2.12 bits per heavy atom. The predicted molar refractivity (Wildman–Crippen MR) is 104 cm³/mol. The summed E-state index contributed by atoms with van der Waals surface area (Å²) in [5.74, 6) is -0.0261. The van der Waals surface area contributed by atoms with Crippen LogP contribution in [0.2, 0.25) is 0 Å². The van der Waals surface area contributed by atoms with Crippen molar-refractivity contribution in [2.24, 2.45) is 5.73 Å². The van der Waals surface area contributed by atoms with Gasteiger partial charge in [0.25, 0.3) is 11.8 Å². The van der Waals surface area contributed by atoms with Gasteiger partial charge in [-0.15, -0.1) is 23.7 Å². The second-order valence-corrected chi connectivity index (χ2v) is 6.72. The number of hydrogen-bond donors (Lipinski definition) is 3. The van der Waals surface area contributed by atoms with Crippen molar-refractivity contribution in [3.8, 4) is 5.75 Å². The lowest BCUT2D eigenvalue weighted by Crippen LogP contribution is -2.27. The number of amides is 2. The number of methoxy groups -OCH3 is 1. The maximum Gasteiger partial charge on any atom is 0.275 e. The fourth-order valence-corrected chi connectivity index (χ4v) is 3.07. The molecule has 0 spiro atoms. The molecule has 0 radical (unpaired) electrons. The maximum absolute atomic E-state index is 12.4. The Morgan fingerprint density at radius 3 is 2.77 bits per heavy atom. The quantitative estimate of drug-likeness (QED) is 0.665. The molecule has 9 heteroatoms. The van der Waals surface area contributed by atoms with Gasteiger partial charge in [0.1, 0.15) is 11.4 Å². The molecule has 0 bridgehead atoms. The van der Waals surface area contributed by atoms with Gasteiger partial charge < -0.3 is 21.1 Å². The first-order valence-electron chi connectivity index (χ1n) is 8.05. The topological polar surface area (TPSA) is 106 Å². The number of thiazole rings is 1. The van der Waals surface area contributed by atoms with Gasteiger partial charge in [-0.1, -0.05) is 0 Å². The van der Waals surface area contributed by atoms with Crippen molar-refractivity contribution >= 4 is 41.2 Å². The third-order valence-corrected chi connectivity index (χ3v) is 4.68. The third-order valence-electron chi connectivity index (χ3n) is 3.77. The summed E-state index contributed by atoms with van der Waals surface area (Å²) in [5.41, 5.74) is 6.62. The molecule has 0 saturated heterocycles. The highest BCUT2D eigenvalue weighted by molar-refractivity contribution is 7.09. The number of ether oxygens (including phenoxy) is 1. The van der Waals surface area contributed by atoms with E-state index >= 15 is 0 Å². The summed E-state index contributed by atoms with van der Waals surface area (Å²) in [5, 5.41) is 8.19. The monoisotopic (exact) mass is 396 g/mol. The third kappa shape index (κ3) is 4.94. The van der Waals surface area contributed by atoms with Gasteiger partial charge >= 0.3 is 0 Å². The summed E-state index contributed by atoms with van der Waals surface area (Å²) in [6.45, 7) is 0.485. The number of carbonyl (C=O) groups excluding carboxylic acids is 2. The molecule has 3 rings (SSSR count). The average molecular weight is 397 g/mol. The molecule has 1 aliphatic rings. The zero-order valence-electron chi connectivity index (χ0n) is 14.3. The molecule has 1 aliphatic carbocycles. The van der Waals surface area contributed by atoms with Crippen LogP contribution in [-0.4, -0.2) is 36.5 Å². The first kappa shape index (κ1) is 20.2.